The van der Waals surface area contributed by atoms with Crippen LogP contribution in [0.3, 0.4) is 0 Å². The predicted octanol–water partition coefficient (Wildman–Crippen LogP) is 3.17. The summed E-state index contributed by atoms with van der Waals surface area (Å²) in [6.45, 7) is 3.73. The minimum atomic E-state index is -0.495. The van der Waals surface area contributed by atoms with E-state index >= 15 is 0 Å². The molecule has 1 amide bonds. The number of hydrogen-bond acceptors (Lipinski definition) is 2. The Kier molecular flexibility index (Phi) is 6.67. The van der Waals surface area contributed by atoms with Gasteiger partial charge in [-0.15, -0.1) is 0 Å². The van der Waals surface area contributed by atoms with Gasteiger partial charge in [0.25, 0.3) is 11.7 Å². The van der Waals surface area contributed by atoms with Gasteiger partial charge in [-0.1, -0.05) is 43.2 Å². The number of imidazole rings is 1. The summed E-state index contributed by atoms with van der Waals surface area (Å²) < 4.78 is 10.6. The third-order valence-electron chi connectivity index (χ3n) is 5.62. The van der Waals surface area contributed by atoms with Crippen LogP contribution >= 0.6 is 0 Å². The van der Waals surface area contributed by atoms with Crippen molar-refractivity contribution in [3.05, 3.63) is 54.1 Å². The highest BCUT2D eigenvalue weighted by Crippen LogP contribution is 2.29. The summed E-state index contributed by atoms with van der Waals surface area (Å²) in [6, 6.07) is 9.91. The lowest BCUT2D eigenvalue weighted by molar-refractivity contribution is -0.677. The number of rotatable bonds is 8. The maximum Gasteiger partial charge on any atom is 0.256 e. The van der Waals surface area contributed by atoms with Crippen LogP contribution < -0.4 is 4.57 Å². The van der Waals surface area contributed by atoms with Gasteiger partial charge in [-0.3, -0.25) is 4.79 Å². The summed E-state index contributed by atoms with van der Waals surface area (Å²) in [7, 11) is 3.94. The van der Waals surface area contributed by atoms with Gasteiger partial charge in [0.2, 0.25) is 0 Å². The van der Waals surface area contributed by atoms with Crippen LogP contribution in [0.2, 0.25) is 0 Å². The molecule has 1 atom stereocenters. The summed E-state index contributed by atoms with van der Waals surface area (Å²) in [5.41, 5.74) is 0.953. The Balaban J connectivity index is 1.60. The number of benzene rings is 1. The molecule has 1 aromatic carbocycles. The van der Waals surface area contributed by atoms with Gasteiger partial charge in [0.05, 0.1) is 19.7 Å². The van der Waals surface area contributed by atoms with E-state index in [1.807, 2.05) is 49.3 Å². The molecule has 1 saturated carbocycles. The summed E-state index contributed by atoms with van der Waals surface area (Å²) in [4.78, 5) is 15.0. The predicted molar refractivity (Wildman–Crippen MR) is 105 cm³/mol. The fourth-order valence-corrected chi connectivity index (χ4v) is 3.75. The van der Waals surface area contributed by atoms with Crippen molar-refractivity contribution < 1.29 is 14.1 Å². The molecule has 0 bridgehead atoms. The Morgan fingerprint density at radius 1 is 1.30 bits per heavy atom. The molecule has 5 nitrogen and oxygen atoms in total. The molecular weight excluding hydrogens is 338 g/mol. The summed E-state index contributed by atoms with van der Waals surface area (Å²) in [5.74, 6) is 1.28. The number of nitrogens with zero attached hydrogens (tertiary/aromatic N) is 3. The van der Waals surface area contributed by atoms with Gasteiger partial charge in [-0.2, -0.15) is 0 Å². The Morgan fingerprint density at radius 3 is 2.63 bits per heavy atom. The summed E-state index contributed by atoms with van der Waals surface area (Å²) >= 11 is 0. The van der Waals surface area contributed by atoms with Crippen molar-refractivity contribution in [3.63, 3.8) is 0 Å². The van der Waals surface area contributed by atoms with Crippen molar-refractivity contribution in [1.29, 1.82) is 0 Å². The Morgan fingerprint density at radius 2 is 2.00 bits per heavy atom. The molecule has 1 heterocycles. The molecule has 27 heavy (non-hydrogen) atoms. The highest BCUT2D eigenvalue weighted by molar-refractivity contribution is 5.82. The van der Waals surface area contributed by atoms with Crippen molar-refractivity contribution in [2.45, 2.75) is 57.8 Å². The molecule has 1 aliphatic rings. The van der Waals surface area contributed by atoms with E-state index in [2.05, 4.69) is 28.5 Å². The summed E-state index contributed by atoms with van der Waals surface area (Å²) in [6.07, 6.45) is 9.30. The quantitative estimate of drug-likeness (QED) is 0.670. The van der Waals surface area contributed by atoms with Crippen LogP contribution in [-0.2, 0) is 23.1 Å². The van der Waals surface area contributed by atoms with E-state index in [4.69, 9.17) is 4.74 Å². The third kappa shape index (κ3) is 4.98. The highest BCUT2D eigenvalue weighted by atomic mass is 16.5. The molecule has 1 aliphatic carbocycles. The number of aromatic nitrogens is 2. The molecule has 0 saturated heterocycles. The average molecular weight is 371 g/mol. The van der Waals surface area contributed by atoms with Gasteiger partial charge in [0.15, 0.2) is 6.10 Å². The molecule has 1 unspecified atom stereocenters. The first-order valence-corrected chi connectivity index (χ1v) is 10.0. The maximum atomic E-state index is 13.1. The lowest BCUT2D eigenvalue weighted by atomic mass is 10.1. The lowest BCUT2D eigenvalue weighted by Gasteiger charge is -2.26. The second kappa shape index (κ2) is 9.18. The monoisotopic (exact) mass is 370 g/mol. The van der Waals surface area contributed by atoms with Crippen molar-refractivity contribution in [2.24, 2.45) is 7.05 Å². The number of ether oxygens (including phenoxy) is 1. The van der Waals surface area contributed by atoms with Crippen molar-refractivity contribution in [2.75, 3.05) is 13.6 Å². The number of amides is 1. The van der Waals surface area contributed by atoms with Crippen molar-refractivity contribution in [3.8, 4) is 0 Å². The topological polar surface area (TPSA) is 38.4 Å². The van der Waals surface area contributed by atoms with Crippen LogP contribution in [0.25, 0.3) is 0 Å². The van der Waals surface area contributed by atoms with Gasteiger partial charge in [-0.25, -0.2) is 9.13 Å². The number of carbonyl (C=O) groups is 1. The van der Waals surface area contributed by atoms with E-state index in [1.165, 1.54) is 18.7 Å². The number of hydrogen-bond donors (Lipinski definition) is 0. The molecule has 2 aromatic rings. The zero-order valence-corrected chi connectivity index (χ0v) is 16.8. The van der Waals surface area contributed by atoms with Gasteiger partial charge >= 0.3 is 0 Å². The first kappa shape index (κ1) is 19.6. The standard InChI is InChI=1S/C22H32N3O2/c1-18-23(2)16-17-25(18)15-9-14-24(3)22(26)21(19-10-5-4-6-11-19)27-20-12-7-8-13-20/h4-6,10-11,16-17,20-21H,7-9,12-15H2,1-3H3/q+1. The van der Waals surface area contributed by atoms with E-state index in [1.54, 1.807) is 0 Å². The molecule has 3 rings (SSSR count). The zero-order valence-electron chi connectivity index (χ0n) is 16.8. The van der Waals surface area contributed by atoms with Crippen LogP contribution in [0.4, 0.5) is 0 Å². The van der Waals surface area contributed by atoms with Gasteiger partial charge in [0.1, 0.15) is 12.4 Å². The van der Waals surface area contributed by atoms with Crippen molar-refractivity contribution >= 4 is 5.91 Å². The van der Waals surface area contributed by atoms with Crippen LogP contribution in [0.5, 0.6) is 0 Å². The van der Waals surface area contributed by atoms with Crippen LogP contribution in [0.15, 0.2) is 42.7 Å². The molecule has 0 N–H and O–H groups in total. The molecule has 1 fully saturated rings. The largest absolute Gasteiger partial charge is 0.360 e. The second-order valence-electron chi connectivity index (χ2n) is 7.60. The molecule has 5 heteroatoms. The van der Waals surface area contributed by atoms with Crippen LogP contribution in [-0.4, -0.2) is 35.1 Å². The fraction of sp³-hybridized carbons (Fsp3) is 0.545. The minimum absolute atomic E-state index is 0.0582. The maximum absolute atomic E-state index is 13.1. The molecule has 146 valence electrons. The number of carbonyl (C=O) groups excluding carboxylic acids is 1. The van der Waals surface area contributed by atoms with Gasteiger partial charge < -0.3 is 9.64 Å². The van der Waals surface area contributed by atoms with Crippen LogP contribution in [0.1, 0.15) is 49.6 Å². The molecular formula is C22H32N3O2+. The van der Waals surface area contributed by atoms with Crippen LogP contribution in [0, 0.1) is 6.92 Å². The first-order valence-electron chi connectivity index (χ1n) is 10.0. The SMILES string of the molecule is Cc1n(CCCN(C)C(=O)C(OC2CCCC2)c2ccccc2)cc[n+]1C. The van der Waals surface area contributed by atoms with E-state index in [0.29, 0.717) is 0 Å². The fourth-order valence-electron chi connectivity index (χ4n) is 3.75. The van der Waals surface area contributed by atoms with E-state index in [0.717, 1.165) is 37.9 Å². The van der Waals surface area contributed by atoms with Crippen molar-refractivity contribution in [1.82, 2.24) is 9.47 Å². The smallest absolute Gasteiger partial charge is 0.256 e. The second-order valence-corrected chi connectivity index (χ2v) is 7.60. The third-order valence-corrected chi connectivity index (χ3v) is 5.62. The minimum Gasteiger partial charge on any atom is -0.360 e. The van der Waals surface area contributed by atoms with E-state index < -0.39 is 6.10 Å². The Hall–Kier alpha value is -2.14. The lowest BCUT2D eigenvalue weighted by Crippen LogP contribution is -2.35. The highest BCUT2D eigenvalue weighted by Gasteiger charge is 2.29. The first-order chi connectivity index (χ1) is 13.1. The average Bonchev–Trinajstić information content (AvgIpc) is 3.31. The number of likely N-dealkylation sites (N-methyl/N-ethyl adjacent to an activating group) is 1. The molecule has 1 aromatic heterocycles. The van der Waals surface area contributed by atoms with E-state index in [-0.39, 0.29) is 12.0 Å². The normalized spacial score (nSPS) is 15.8. The molecule has 0 aliphatic heterocycles. The number of aryl methyl sites for hydroxylation is 2. The van der Waals surface area contributed by atoms with E-state index in [9.17, 15) is 4.79 Å². The Labute approximate surface area is 162 Å². The van der Waals surface area contributed by atoms with Gasteiger partial charge in [0, 0.05) is 26.9 Å². The Bertz CT molecular complexity index is 735. The zero-order chi connectivity index (χ0) is 19.2. The molecule has 0 spiro atoms. The molecule has 0 radical (unpaired) electrons. The van der Waals surface area contributed by atoms with Gasteiger partial charge in [-0.05, 0) is 18.4 Å². The summed E-state index contributed by atoms with van der Waals surface area (Å²) in [5, 5.41) is 0.